The maximum atomic E-state index is 12.3. The van der Waals surface area contributed by atoms with E-state index in [1.807, 2.05) is 0 Å². The number of hydrogen-bond acceptors (Lipinski definition) is 4. The lowest BCUT2D eigenvalue weighted by atomic mass is 10.2. The molecule has 0 aliphatic carbocycles. The van der Waals surface area contributed by atoms with Crippen LogP contribution in [0.1, 0.15) is 56.8 Å². The number of nitrogens with zero attached hydrogens (tertiary/aromatic N) is 1. The predicted molar refractivity (Wildman–Crippen MR) is 97.7 cm³/mol. The zero-order valence-corrected chi connectivity index (χ0v) is 15.3. The first-order valence-corrected chi connectivity index (χ1v) is 8.69. The first kappa shape index (κ1) is 20.0. The van der Waals surface area contributed by atoms with Gasteiger partial charge in [-0.2, -0.15) is 0 Å². The van der Waals surface area contributed by atoms with Crippen LogP contribution in [0.25, 0.3) is 0 Å². The molecule has 0 heterocycles. The molecule has 0 radical (unpaired) electrons. The van der Waals surface area contributed by atoms with Crippen molar-refractivity contribution in [1.82, 2.24) is 5.32 Å². The molecule has 0 aliphatic heterocycles. The van der Waals surface area contributed by atoms with Crippen LogP contribution in [-0.2, 0) is 4.74 Å². The molecular weight excluding hydrogens is 304 g/mol. The van der Waals surface area contributed by atoms with Crippen molar-refractivity contribution in [2.75, 3.05) is 20.3 Å². The van der Waals surface area contributed by atoms with Gasteiger partial charge in [-0.25, -0.2) is 4.99 Å². The lowest BCUT2D eigenvalue weighted by Crippen LogP contribution is -2.33. The van der Waals surface area contributed by atoms with E-state index < -0.39 is 0 Å². The molecule has 1 aromatic carbocycles. The molecule has 0 spiro atoms. The van der Waals surface area contributed by atoms with Crippen LogP contribution >= 0.6 is 0 Å². The molecule has 134 valence electrons. The van der Waals surface area contributed by atoms with Crippen molar-refractivity contribution < 1.29 is 14.3 Å². The van der Waals surface area contributed by atoms with Crippen molar-refractivity contribution in [2.24, 2.45) is 10.9 Å². The van der Waals surface area contributed by atoms with Gasteiger partial charge in [0.15, 0.2) is 0 Å². The number of amides is 1. The van der Waals surface area contributed by atoms with E-state index >= 15 is 0 Å². The van der Waals surface area contributed by atoms with Gasteiger partial charge >= 0.3 is 0 Å². The lowest BCUT2D eigenvalue weighted by Gasteiger charge is -2.12. The maximum absolute atomic E-state index is 12.3. The fraction of sp³-hybridized carbons (Fsp3) is 0.579. The number of ether oxygens (including phenoxy) is 2. The zero-order valence-electron chi connectivity index (χ0n) is 15.3. The zero-order chi connectivity index (χ0) is 17.8. The number of hydrogen-bond donors (Lipinski definition) is 1. The van der Waals surface area contributed by atoms with Crippen molar-refractivity contribution in [3.05, 3.63) is 29.8 Å². The van der Waals surface area contributed by atoms with Crippen LogP contribution in [0.3, 0.4) is 0 Å². The average molecular weight is 334 g/mol. The summed E-state index contributed by atoms with van der Waals surface area (Å²) in [6.45, 7) is 7.48. The van der Waals surface area contributed by atoms with Gasteiger partial charge in [0, 0.05) is 12.1 Å². The lowest BCUT2D eigenvalue weighted by molar-refractivity contribution is 0.0963. The summed E-state index contributed by atoms with van der Waals surface area (Å²) in [4.78, 5) is 16.7. The smallest absolute Gasteiger partial charge is 0.291 e. The minimum absolute atomic E-state index is 0.228. The van der Waals surface area contributed by atoms with Crippen molar-refractivity contribution in [2.45, 2.75) is 46.5 Å². The minimum Gasteiger partial charge on any atom is -0.497 e. The van der Waals surface area contributed by atoms with E-state index in [4.69, 9.17) is 9.47 Å². The number of rotatable bonds is 9. The Morgan fingerprint density at radius 1 is 1.17 bits per heavy atom. The molecule has 0 saturated carbocycles. The molecular formula is C19H30N2O3. The van der Waals surface area contributed by atoms with Crippen molar-refractivity contribution >= 4 is 11.9 Å². The van der Waals surface area contributed by atoms with Gasteiger partial charge in [-0.15, -0.1) is 0 Å². The summed E-state index contributed by atoms with van der Waals surface area (Å²) in [5, 5.41) is 2.77. The Hall–Kier alpha value is -2.04. The minimum atomic E-state index is -0.228. The first-order chi connectivity index (χ1) is 11.6. The van der Waals surface area contributed by atoms with Gasteiger partial charge in [0.2, 0.25) is 0 Å². The molecule has 5 nitrogen and oxygen atoms in total. The van der Waals surface area contributed by atoms with Crippen molar-refractivity contribution in [3.8, 4) is 5.75 Å². The molecule has 0 unspecified atom stereocenters. The van der Waals surface area contributed by atoms with E-state index in [-0.39, 0.29) is 5.91 Å². The quantitative estimate of drug-likeness (QED) is 0.421. The van der Waals surface area contributed by atoms with Crippen LogP contribution in [0.5, 0.6) is 5.75 Å². The molecule has 1 rings (SSSR count). The fourth-order valence-electron chi connectivity index (χ4n) is 2.00. The number of unbranched alkanes of at least 4 members (excludes halogenated alkanes) is 3. The van der Waals surface area contributed by atoms with Gasteiger partial charge in [-0.1, -0.05) is 40.0 Å². The van der Waals surface area contributed by atoms with Crippen molar-refractivity contribution in [3.63, 3.8) is 0 Å². The number of carbonyl (C=O) groups is 1. The SMILES string of the molecule is CCCCCCN=C(NC(=O)c1ccc(OC)cc1)OCC(C)C. The number of carbonyl (C=O) groups excluding carboxylic acids is 1. The molecule has 0 fully saturated rings. The molecule has 0 saturated heterocycles. The highest BCUT2D eigenvalue weighted by Crippen LogP contribution is 2.11. The van der Waals surface area contributed by atoms with E-state index in [0.717, 1.165) is 12.8 Å². The number of aliphatic imine (C=N–C) groups is 1. The average Bonchev–Trinajstić information content (AvgIpc) is 2.59. The Morgan fingerprint density at radius 2 is 1.88 bits per heavy atom. The second kappa shape index (κ2) is 11.5. The van der Waals surface area contributed by atoms with Crippen LogP contribution in [0, 0.1) is 5.92 Å². The third kappa shape index (κ3) is 7.99. The van der Waals surface area contributed by atoms with Gasteiger partial charge in [-0.05, 0) is 36.6 Å². The largest absolute Gasteiger partial charge is 0.497 e. The van der Waals surface area contributed by atoms with E-state index in [9.17, 15) is 4.79 Å². The highest BCUT2D eigenvalue weighted by atomic mass is 16.5. The van der Waals surface area contributed by atoms with E-state index in [1.54, 1.807) is 31.4 Å². The Kier molecular flexibility index (Phi) is 9.58. The number of benzene rings is 1. The fourth-order valence-corrected chi connectivity index (χ4v) is 2.00. The normalized spacial score (nSPS) is 11.5. The maximum Gasteiger partial charge on any atom is 0.291 e. The van der Waals surface area contributed by atoms with E-state index in [0.29, 0.717) is 36.4 Å². The summed E-state index contributed by atoms with van der Waals surface area (Å²) in [5.41, 5.74) is 0.544. The third-order valence-corrected chi connectivity index (χ3v) is 3.39. The summed E-state index contributed by atoms with van der Waals surface area (Å²) < 4.78 is 10.7. The molecule has 1 amide bonds. The highest BCUT2D eigenvalue weighted by Gasteiger charge is 2.11. The molecule has 0 atom stereocenters. The van der Waals surface area contributed by atoms with E-state index in [1.165, 1.54) is 12.8 Å². The Labute approximate surface area is 145 Å². The molecule has 1 aromatic rings. The van der Waals surface area contributed by atoms with Crippen LogP contribution in [0.2, 0.25) is 0 Å². The first-order valence-electron chi connectivity index (χ1n) is 8.69. The molecule has 0 aromatic heterocycles. The Morgan fingerprint density at radius 3 is 2.46 bits per heavy atom. The predicted octanol–water partition coefficient (Wildman–Crippen LogP) is 4.03. The third-order valence-electron chi connectivity index (χ3n) is 3.39. The standard InChI is InChI=1S/C19H30N2O3/c1-5-6-7-8-13-20-19(24-14-15(2)3)21-18(22)16-9-11-17(23-4)12-10-16/h9-12,15H,5-8,13-14H2,1-4H3,(H,20,21,22). The second-order valence-electron chi connectivity index (χ2n) is 6.14. The van der Waals surface area contributed by atoms with Crippen LogP contribution < -0.4 is 10.1 Å². The summed E-state index contributed by atoms with van der Waals surface area (Å²) in [6, 6.07) is 7.25. The Bertz CT molecular complexity index is 510. The molecule has 24 heavy (non-hydrogen) atoms. The number of methoxy groups -OCH3 is 1. The van der Waals surface area contributed by atoms with Gasteiger partial charge in [0.1, 0.15) is 5.75 Å². The van der Waals surface area contributed by atoms with Gasteiger partial charge in [0.05, 0.1) is 13.7 Å². The molecule has 1 N–H and O–H groups in total. The molecule has 0 bridgehead atoms. The topological polar surface area (TPSA) is 59.9 Å². The number of amidine groups is 1. The van der Waals surface area contributed by atoms with Crippen LogP contribution in [0.4, 0.5) is 0 Å². The molecule has 5 heteroatoms. The summed E-state index contributed by atoms with van der Waals surface area (Å²) >= 11 is 0. The summed E-state index contributed by atoms with van der Waals surface area (Å²) in [7, 11) is 1.60. The van der Waals surface area contributed by atoms with Crippen molar-refractivity contribution in [1.29, 1.82) is 0 Å². The van der Waals surface area contributed by atoms with Crippen LogP contribution in [-0.4, -0.2) is 32.2 Å². The van der Waals surface area contributed by atoms with Gasteiger partial charge < -0.3 is 9.47 Å². The summed E-state index contributed by atoms with van der Waals surface area (Å²) in [5.74, 6) is 0.856. The monoisotopic (exact) mass is 334 g/mol. The number of nitrogens with one attached hydrogen (secondary N) is 1. The summed E-state index contributed by atoms with van der Waals surface area (Å²) in [6.07, 6.45) is 4.54. The van der Waals surface area contributed by atoms with E-state index in [2.05, 4.69) is 31.1 Å². The highest BCUT2D eigenvalue weighted by molar-refractivity contribution is 6.04. The van der Waals surface area contributed by atoms with Crippen LogP contribution in [0.15, 0.2) is 29.3 Å². The van der Waals surface area contributed by atoms with Gasteiger partial charge in [0.25, 0.3) is 11.9 Å². The second-order valence-corrected chi connectivity index (χ2v) is 6.14. The molecule has 0 aliphatic rings. The van der Waals surface area contributed by atoms with Gasteiger partial charge in [-0.3, -0.25) is 10.1 Å². The Balaban J connectivity index is 2.63.